The first-order valence-corrected chi connectivity index (χ1v) is 6.76. The highest BCUT2D eigenvalue weighted by atomic mass is 32.2. The van der Waals surface area contributed by atoms with Crippen molar-refractivity contribution in [2.45, 2.75) is 52.0 Å². The summed E-state index contributed by atoms with van der Waals surface area (Å²) in [6.45, 7) is 4.11. The zero-order valence-electron chi connectivity index (χ0n) is 8.92. The molecule has 0 saturated heterocycles. The molecule has 0 aliphatic carbocycles. The normalized spacial score (nSPS) is 15.6. The largest absolute Gasteiger partial charge is 0.327 e. The van der Waals surface area contributed by atoms with Crippen LogP contribution < -0.4 is 5.73 Å². The summed E-state index contributed by atoms with van der Waals surface area (Å²) in [5.41, 5.74) is 5.55. The quantitative estimate of drug-likeness (QED) is 0.616. The Morgan fingerprint density at radius 1 is 1.23 bits per heavy atom. The van der Waals surface area contributed by atoms with Crippen molar-refractivity contribution in [2.24, 2.45) is 5.73 Å². The molecule has 0 bridgehead atoms. The van der Waals surface area contributed by atoms with Crippen LogP contribution in [-0.2, 0) is 10.8 Å². The molecule has 0 saturated carbocycles. The third-order valence-corrected chi connectivity index (χ3v) is 3.57. The van der Waals surface area contributed by atoms with Gasteiger partial charge in [0.1, 0.15) is 0 Å². The number of hydrogen-bond donors (Lipinski definition) is 1. The molecule has 2 N–H and O–H groups in total. The maximum Gasteiger partial charge on any atom is 0.0383 e. The molecule has 0 amide bonds. The van der Waals surface area contributed by atoms with E-state index in [1.165, 1.54) is 25.7 Å². The summed E-state index contributed by atoms with van der Waals surface area (Å²) < 4.78 is 11.3. The number of unbranched alkanes of at least 4 members (excludes halogenated alkanes) is 4. The summed E-state index contributed by atoms with van der Waals surface area (Å²) in [6.07, 6.45) is 6.17. The van der Waals surface area contributed by atoms with Crippen LogP contribution in [0.1, 0.15) is 46.0 Å². The average Bonchev–Trinajstić information content (AvgIpc) is 2.02. The van der Waals surface area contributed by atoms with Crippen molar-refractivity contribution in [1.29, 1.82) is 0 Å². The van der Waals surface area contributed by atoms with Gasteiger partial charge in [-0.15, -0.1) is 0 Å². The first-order chi connectivity index (χ1) is 6.16. The first kappa shape index (κ1) is 13.1. The van der Waals surface area contributed by atoms with E-state index < -0.39 is 10.8 Å². The van der Waals surface area contributed by atoms with Crippen molar-refractivity contribution in [3.63, 3.8) is 0 Å². The summed E-state index contributed by atoms with van der Waals surface area (Å²) in [5, 5.41) is 0. The summed E-state index contributed by atoms with van der Waals surface area (Å²) >= 11 is 0. The molecule has 0 aromatic heterocycles. The molecule has 0 fully saturated rings. The Kier molecular flexibility index (Phi) is 8.77. The van der Waals surface area contributed by atoms with Gasteiger partial charge in [0.25, 0.3) is 0 Å². The molecule has 0 radical (unpaired) electrons. The Morgan fingerprint density at radius 2 is 1.85 bits per heavy atom. The summed E-state index contributed by atoms with van der Waals surface area (Å²) in [5.74, 6) is 1.50. The second-order valence-corrected chi connectivity index (χ2v) is 5.32. The minimum absolute atomic E-state index is 0.0801. The lowest BCUT2D eigenvalue weighted by molar-refractivity contribution is 0.645. The molecule has 0 aliphatic heterocycles. The maximum atomic E-state index is 11.3. The van der Waals surface area contributed by atoms with Crippen LogP contribution >= 0.6 is 0 Å². The van der Waals surface area contributed by atoms with Gasteiger partial charge in [-0.1, -0.05) is 32.6 Å². The maximum absolute atomic E-state index is 11.3. The van der Waals surface area contributed by atoms with Crippen molar-refractivity contribution < 1.29 is 4.21 Å². The minimum Gasteiger partial charge on any atom is -0.327 e. The van der Waals surface area contributed by atoms with E-state index in [0.717, 1.165) is 12.2 Å². The van der Waals surface area contributed by atoms with E-state index in [4.69, 9.17) is 5.73 Å². The van der Waals surface area contributed by atoms with E-state index in [9.17, 15) is 4.21 Å². The molecular formula is C10H23NOS. The van der Waals surface area contributed by atoms with E-state index in [1.807, 2.05) is 6.92 Å². The Hall–Kier alpha value is 0.110. The smallest absolute Gasteiger partial charge is 0.0383 e. The number of rotatable bonds is 8. The monoisotopic (exact) mass is 205 g/mol. The van der Waals surface area contributed by atoms with Crippen LogP contribution in [-0.4, -0.2) is 21.8 Å². The molecule has 0 aromatic rings. The standard InChI is InChI=1S/C10H23NOS/c1-3-4-5-6-7-8-13(12)9-10(2)11/h10H,3-9,11H2,1-2H3. The first-order valence-electron chi connectivity index (χ1n) is 5.27. The fourth-order valence-corrected chi connectivity index (χ4v) is 2.52. The zero-order chi connectivity index (χ0) is 10.1. The van der Waals surface area contributed by atoms with E-state index in [-0.39, 0.29) is 6.04 Å². The molecule has 2 atom stereocenters. The molecule has 0 rings (SSSR count). The molecule has 0 aromatic carbocycles. The van der Waals surface area contributed by atoms with Gasteiger partial charge in [0.05, 0.1) is 0 Å². The van der Waals surface area contributed by atoms with Crippen LogP contribution in [0, 0.1) is 0 Å². The van der Waals surface area contributed by atoms with E-state index in [2.05, 4.69) is 6.92 Å². The lowest BCUT2D eigenvalue weighted by atomic mass is 10.2. The molecule has 2 unspecified atom stereocenters. The average molecular weight is 205 g/mol. The predicted octanol–water partition coefficient (Wildman–Crippen LogP) is 2.05. The molecule has 2 nitrogen and oxygen atoms in total. The highest BCUT2D eigenvalue weighted by Crippen LogP contribution is 2.03. The van der Waals surface area contributed by atoms with Gasteiger partial charge in [0.15, 0.2) is 0 Å². The summed E-state index contributed by atoms with van der Waals surface area (Å²) in [6, 6.07) is 0.0801. The summed E-state index contributed by atoms with van der Waals surface area (Å²) in [4.78, 5) is 0. The minimum atomic E-state index is -0.681. The van der Waals surface area contributed by atoms with Crippen molar-refractivity contribution in [3.8, 4) is 0 Å². The molecule has 80 valence electrons. The lowest BCUT2D eigenvalue weighted by Gasteiger charge is -2.04. The van der Waals surface area contributed by atoms with Gasteiger partial charge in [-0.2, -0.15) is 0 Å². The Balaban J connectivity index is 3.17. The second-order valence-electron chi connectivity index (χ2n) is 3.70. The van der Waals surface area contributed by atoms with Gasteiger partial charge >= 0.3 is 0 Å². The molecule has 0 aliphatic rings. The van der Waals surface area contributed by atoms with Crippen molar-refractivity contribution >= 4 is 10.8 Å². The van der Waals surface area contributed by atoms with Crippen LogP contribution in [0.4, 0.5) is 0 Å². The van der Waals surface area contributed by atoms with Crippen LogP contribution in [0.25, 0.3) is 0 Å². The predicted molar refractivity (Wildman–Crippen MR) is 60.3 cm³/mol. The highest BCUT2D eigenvalue weighted by molar-refractivity contribution is 7.85. The van der Waals surface area contributed by atoms with Gasteiger partial charge in [-0.05, 0) is 13.3 Å². The number of nitrogens with two attached hydrogens (primary N) is 1. The SMILES string of the molecule is CCCCCCCS(=O)CC(C)N. The fourth-order valence-electron chi connectivity index (χ4n) is 1.24. The van der Waals surface area contributed by atoms with Gasteiger partial charge in [-0.3, -0.25) is 4.21 Å². The van der Waals surface area contributed by atoms with Gasteiger partial charge in [0, 0.05) is 28.3 Å². The Morgan fingerprint density at radius 3 is 2.38 bits per heavy atom. The third-order valence-electron chi connectivity index (χ3n) is 1.92. The fraction of sp³-hybridized carbons (Fsp3) is 1.00. The van der Waals surface area contributed by atoms with Crippen molar-refractivity contribution in [1.82, 2.24) is 0 Å². The van der Waals surface area contributed by atoms with E-state index in [1.54, 1.807) is 0 Å². The second kappa shape index (κ2) is 8.70. The van der Waals surface area contributed by atoms with Crippen LogP contribution in [0.2, 0.25) is 0 Å². The van der Waals surface area contributed by atoms with Crippen LogP contribution in [0.15, 0.2) is 0 Å². The zero-order valence-corrected chi connectivity index (χ0v) is 9.74. The molecule has 0 spiro atoms. The molecular weight excluding hydrogens is 182 g/mol. The molecule has 0 heterocycles. The summed E-state index contributed by atoms with van der Waals surface area (Å²) in [7, 11) is -0.681. The third kappa shape index (κ3) is 10.0. The Bertz CT molecular complexity index is 137. The Labute approximate surface area is 84.7 Å². The van der Waals surface area contributed by atoms with Gasteiger partial charge in [-0.25, -0.2) is 0 Å². The van der Waals surface area contributed by atoms with Crippen LogP contribution in [0.5, 0.6) is 0 Å². The molecule has 13 heavy (non-hydrogen) atoms. The van der Waals surface area contributed by atoms with E-state index >= 15 is 0 Å². The highest BCUT2D eigenvalue weighted by Gasteiger charge is 2.02. The molecule has 3 heteroatoms. The van der Waals surface area contributed by atoms with Gasteiger partial charge < -0.3 is 5.73 Å². The topological polar surface area (TPSA) is 43.1 Å². The van der Waals surface area contributed by atoms with Crippen molar-refractivity contribution in [2.75, 3.05) is 11.5 Å². The van der Waals surface area contributed by atoms with Gasteiger partial charge in [0.2, 0.25) is 0 Å². The van der Waals surface area contributed by atoms with Crippen LogP contribution in [0.3, 0.4) is 0 Å². The lowest BCUT2D eigenvalue weighted by Crippen LogP contribution is -2.24. The van der Waals surface area contributed by atoms with E-state index in [0.29, 0.717) is 5.75 Å². The van der Waals surface area contributed by atoms with Crippen molar-refractivity contribution in [3.05, 3.63) is 0 Å². The number of hydrogen-bond acceptors (Lipinski definition) is 2.